The van der Waals surface area contributed by atoms with Crippen LogP contribution in [-0.2, 0) is 0 Å². The van der Waals surface area contributed by atoms with Gasteiger partial charge in [0.05, 0.1) is 0 Å². The minimum Gasteiger partial charge on any atom is -0.457 e. The predicted octanol–water partition coefficient (Wildman–Crippen LogP) is 2.98. The molecule has 5 nitrogen and oxygen atoms in total. The van der Waals surface area contributed by atoms with E-state index >= 15 is 0 Å². The average Bonchev–Trinajstić information content (AvgIpc) is 2.51. The van der Waals surface area contributed by atoms with Crippen LogP contribution in [0.4, 0.5) is 10.5 Å². The van der Waals surface area contributed by atoms with Crippen LogP contribution >= 0.6 is 0 Å². The van der Waals surface area contributed by atoms with Crippen LogP contribution in [0.3, 0.4) is 0 Å². The summed E-state index contributed by atoms with van der Waals surface area (Å²) < 4.78 is 5.66. The number of amides is 2. The Morgan fingerprint density at radius 3 is 2.33 bits per heavy atom. The normalized spacial score (nSPS) is 9.95. The molecule has 2 aromatic carbocycles. The second kappa shape index (κ2) is 7.91. The molecule has 0 saturated carbocycles. The summed E-state index contributed by atoms with van der Waals surface area (Å²) >= 11 is 0. The summed E-state index contributed by atoms with van der Waals surface area (Å²) in [6, 6.07) is 16.3. The minimum atomic E-state index is -0.292. The summed E-state index contributed by atoms with van der Waals surface area (Å²) in [5.41, 5.74) is 0.678. The predicted molar refractivity (Wildman–Crippen MR) is 81.7 cm³/mol. The number of hydrogen-bond donors (Lipinski definition) is 3. The molecule has 2 aromatic rings. The van der Waals surface area contributed by atoms with Gasteiger partial charge in [-0.3, -0.25) is 0 Å². The van der Waals surface area contributed by atoms with Gasteiger partial charge in [0.15, 0.2) is 0 Å². The molecule has 0 aliphatic heterocycles. The van der Waals surface area contributed by atoms with Crippen LogP contribution < -0.4 is 15.4 Å². The van der Waals surface area contributed by atoms with Crippen molar-refractivity contribution in [3.05, 3.63) is 54.6 Å². The number of aliphatic hydroxyl groups excluding tert-OH is 1. The van der Waals surface area contributed by atoms with Gasteiger partial charge < -0.3 is 20.5 Å². The fraction of sp³-hybridized carbons (Fsp3) is 0.188. The number of para-hydroxylation sites is 1. The number of nitrogens with one attached hydrogen (secondary N) is 2. The molecule has 0 heterocycles. The maximum atomic E-state index is 11.5. The van der Waals surface area contributed by atoms with Crippen LogP contribution in [0.25, 0.3) is 0 Å². The van der Waals surface area contributed by atoms with Crippen LogP contribution in [-0.4, -0.2) is 24.3 Å². The molecule has 0 aromatic heterocycles. The Balaban J connectivity index is 1.85. The largest absolute Gasteiger partial charge is 0.457 e. The molecule has 0 aliphatic carbocycles. The Bertz CT molecular complexity index is 555. The molecular weight excluding hydrogens is 268 g/mol. The zero-order valence-corrected chi connectivity index (χ0v) is 11.6. The smallest absolute Gasteiger partial charge is 0.319 e. The lowest BCUT2D eigenvalue weighted by molar-refractivity contribution is 0.249. The summed E-state index contributed by atoms with van der Waals surface area (Å²) in [4.78, 5) is 11.5. The second-order valence-corrected chi connectivity index (χ2v) is 4.40. The Hall–Kier alpha value is -2.53. The third kappa shape index (κ3) is 5.16. The first-order chi connectivity index (χ1) is 10.3. The molecule has 0 spiro atoms. The summed E-state index contributed by atoms with van der Waals surface area (Å²) in [6.07, 6.45) is 0.539. The van der Waals surface area contributed by atoms with Gasteiger partial charge in [0.25, 0.3) is 0 Å². The van der Waals surface area contributed by atoms with E-state index in [0.717, 1.165) is 5.75 Å². The van der Waals surface area contributed by atoms with Crippen molar-refractivity contribution in [2.45, 2.75) is 6.42 Å². The number of carbonyl (C=O) groups is 1. The number of anilines is 1. The van der Waals surface area contributed by atoms with Gasteiger partial charge >= 0.3 is 6.03 Å². The zero-order chi connectivity index (χ0) is 14.9. The van der Waals surface area contributed by atoms with Crippen molar-refractivity contribution in [2.24, 2.45) is 0 Å². The molecule has 3 N–H and O–H groups in total. The fourth-order valence-electron chi connectivity index (χ4n) is 1.69. The van der Waals surface area contributed by atoms with Gasteiger partial charge in [-0.15, -0.1) is 0 Å². The lowest BCUT2D eigenvalue weighted by Crippen LogP contribution is -2.29. The molecule has 0 fully saturated rings. The number of aliphatic hydroxyl groups is 1. The maximum absolute atomic E-state index is 11.5. The second-order valence-electron chi connectivity index (χ2n) is 4.40. The monoisotopic (exact) mass is 286 g/mol. The Labute approximate surface area is 123 Å². The van der Waals surface area contributed by atoms with E-state index in [2.05, 4.69) is 10.6 Å². The molecule has 0 unspecified atom stereocenters. The molecule has 2 rings (SSSR count). The van der Waals surface area contributed by atoms with E-state index in [1.165, 1.54) is 0 Å². The summed E-state index contributed by atoms with van der Waals surface area (Å²) in [7, 11) is 0. The van der Waals surface area contributed by atoms with Crippen molar-refractivity contribution >= 4 is 11.7 Å². The van der Waals surface area contributed by atoms with E-state index in [4.69, 9.17) is 9.84 Å². The van der Waals surface area contributed by atoms with Crippen molar-refractivity contribution < 1.29 is 14.6 Å². The van der Waals surface area contributed by atoms with Crippen LogP contribution in [0, 0.1) is 0 Å². The number of benzene rings is 2. The third-order valence-electron chi connectivity index (χ3n) is 2.71. The van der Waals surface area contributed by atoms with Gasteiger partial charge in [0.1, 0.15) is 11.5 Å². The molecule has 5 heteroatoms. The Morgan fingerprint density at radius 2 is 1.67 bits per heavy atom. The summed E-state index contributed by atoms with van der Waals surface area (Å²) in [5, 5.41) is 14.0. The minimum absolute atomic E-state index is 0.0613. The first-order valence-electron chi connectivity index (χ1n) is 6.76. The van der Waals surface area contributed by atoms with Gasteiger partial charge in [-0.2, -0.15) is 0 Å². The van der Waals surface area contributed by atoms with Crippen molar-refractivity contribution in [1.82, 2.24) is 5.32 Å². The van der Waals surface area contributed by atoms with Crippen LogP contribution in [0.1, 0.15) is 6.42 Å². The molecule has 21 heavy (non-hydrogen) atoms. The molecule has 110 valence electrons. The zero-order valence-electron chi connectivity index (χ0n) is 11.6. The molecule has 0 aliphatic rings. The van der Waals surface area contributed by atoms with Gasteiger partial charge in [-0.1, -0.05) is 18.2 Å². The number of rotatable bonds is 6. The highest BCUT2D eigenvalue weighted by atomic mass is 16.5. The van der Waals surface area contributed by atoms with Crippen molar-refractivity contribution in [3.63, 3.8) is 0 Å². The third-order valence-corrected chi connectivity index (χ3v) is 2.71. The summed E-state index contributed by atoms with van der Waals surface area (Å²) in [5.74, 6) is 1.47. The lowest BCUT2D eigenvalue weighted by Gasteiger charge is -2.09. The van der Waals surface area contributed by atoms with Gasteiger partial charge in [-0.25, -0.2) is 4.79 Å². The lowest BCUT2D eigenvalue weighted by atomic mass is 10.3. The molecule has 0 saturated heterocycles. The van der Waals surface area contributed by atoms with Crippen LogP contribution in [0.15, 0.2) is 54.6 Å². The van der Waals surface area contributed by atoms with Crippen LogP contribution in [0.2, 0.25) is 0 Å². The van der Waals surface area contributed by atoms with Gasteiger partial charge in [0, 0.05) is 18.8 Å². The van der Waals surface area contributed by atoms with E-state index in [-0.39, 0.29) is 12.6 Å². The first kappa shape index (κ1) is 14.9. The van der Waals surface area contributed by atoms with Crippen molar-refractivity contribution in [3.8, 4) is 11.5 Å². The molecule has 0 radical (unpaired) electrons. The molecule has 2 amide bonds. The summed E-state index contributed by atoms with van der Waals surface area (Å²) in [6.45, 7) is 0.503. The number of ether oxygens (including phenoxy) is 1. The van der Waals surface area contributed by atoms with E-state index < -0.39 is 0 Å². The Morgan fingerprint density at radius 1 is 1.00 bits per heavy atom. The highest BCUT2D eigenvalue weighted by Crippen LogP contribution is 2.22. The topological polar surface area (TPSA) is 70.6 Å². The van der Waals surface area contributed by atoms with E-state index in [9.17, 15) is 4.79 Å². The first-order valence-corrected chi connectivity index (χ1v) is 6.76. The van der Waals surface area contributed by atoms with Crippen molar-refractivity contribution in [2.75, 3.05) is 18.5 Å². The number of carbonyl (C=O) groups excluding carboxylic acids is 1. The number of hydrogen-bond acceptors (Lipinski definition) is 3. The molecule has 0 atom stereocenters. The molecule has 0 bridgehead atoms. The fourth-order valence-corrected chi connectivity index (χ4v) is 1.69. The average molecular weight is 286 g/mol. The van der Waals surface area contributed by atoms with Gasteiger partial charge in [-0.05, 0) is 42.8 Å². The van der Waals surface area contributed by atoms with E-state index in [0.29, 0.717) is 24.4 Å². The Kier molecular flexibility index (Phi) is 5.60. The highest BCUT2D eigenvalue weighted by Gasteiger charge is 2.01. The van der Waals surface area contributed by atoms with Gasteiger partial charge in [0.2, 0.25) is 0 Å². The standard InChI is InChI=1S/C16H18N2O3/c19-12-4-11-17-16(20)18-13-7-9-15(10-8-13)21-14-5-2-1-3-6-14/h1-3,5-10,19H,4,11-12H2,(H2,17,18,20). The van der Waals surface area contributed by atoms with E-state index in [1.54, 1.807) is 24.3 Å². The van der Waals surface area contributed by atoms with Crippen LogP contribution in [0.5, 0.6) is 11.5 Å². The van der Waals surface area contributed by atoms with Crippen molar-refractivity contribution in [1.29, 1.82) is 0 Å². The number of urea groups is 1. The maximum Gasteiger partial charge on any atom is 0.319 e. The highest BCUT2D eigenvalue weighted by molar-refractivity contribution is 5.89. The van der Waals surface area contributed by atoms with E-state index in [1.807, 2.05) is 30.3 Å². The SMILES string of the molecule is O=C(NCCCO)Nc1ccc(Oc2ccccc2)cc1. The quantitative estimate of drug-likeness (QED) is 0.715. The molecular formula is C16H18N2O3.